The molecule has 2 saturated heterocycles. The summed E-state index contributed by atoms with van der Waals surface area (Å²) in [5, 5.41) is 0. The summed E-state index contributed by atoms with van der Waals surface area (Å²) in [5.74, 6) is -0.258. The Morgan fingerprint density at radius 3 is 2.82 bits per heavy atom. The second-order valence-electron chi connectivity index (χ2n) is 2.98. The van der Waals surface area contributed by atoms with Crippen molar-refractivity contribution in [2.24, 2.45) is 0 Å². The molecule has 2 atom stereocenters. The van der Waals surface area contributed by atoms with Crippen LogP contribution in [0.1, 0.15) is 6.92 Å². The van der Waals surface area contributed by atoms with Crippen molar-refractivity contribution in [1.82, 2.24) is 0 Å². The lowest BCUT2D eigenvalue weighted by Gasteiger charge is -2.16. The standard InChI is InChI=1S/C7H8O4/c1-7-5(9)3-10-6(7)4(8)2-11-7/h6H,2-3H2,1H3. The van der Waals surface area contributed by atoms with Gasteiger partial charge in [-0.05, 0) is 6.92 Å². The molecule has 0 saturated carbocycles. The van der Waals surface area contributed by atoms with E-state index in [1.807, 2.05) is 0 Å². The highest BCUT2D eigenvalue weighted by atomic mass is 16.6. The van der Waals surface area contributed by atoms with Crippen LogP contribution in [0.2, 0.25) is 0 Å². The SMILES string of the molecule is CC12OCC(=O)C1OCC2=O. The van der Waals surface area contributed by atoms with Crippen molar-refractivity contribution in [3.05, 3.63) is 0 Å². The molecule has 0 aromatic carbocycles. The van der Waals surface area contributed by atoms with Crippen LogP contribution in [0.5, 0.6) is 0 Å². The molecule has 0 aromatic heterocycles. The number of rotatable bonds is 0. The van der Waals surface area contributed by atoms with Crippen LogP contribution in [0.4, 0.5) is 0 Å². The Kier molecular flexibility index (Phi) is 1.20. The highest BCUT2D eigenvalue weighted by Gasteiger charge is 2.56. The lowest BCUT2D eigenvalue weighted by molar-refractivity contribution is -0.132. The molecule has 60 valence electrons. The van der Waals surface area contributed by atoms with Gasteiger partial charge < -0.3 is 9.47 Å². The van der Waals surface area contributed by atoms with E-state index in [4.69, 9.17) is 9.47 Å². The zero-order chi connectivity index (χ0) is 8.06. The molecular weight excluding hydrogens is 148 g/mol. The maximum Gasteiger partial charge on any atom is 0.193 e. The number of carbonyl (C=O) groups is 2. The molecule has 2 aliphatic heterocycles. The van der Waals surface area contributed by atoms with Crippen LogP contribution in [0.25, 0.3) is 0 Å². The Bertz CT molecular complexity index is 235. The first-order valence-electron chi connectivity index (χ1n) is 3.46. The maximum absolute atomic E-state index is 11.1. The van der Waals surface area contributed by atoms with Crippen molar-refractivity contribution in [2.45, 2.75) is 18.6 Å². The van der Waals surface area contributed by atoms with Crippen LogP contribution in [0.15, 0.2) is 0 Å². The van der Waals surface area contributed by atoms with Crippen molar-refractivity contribution in [1.29, 1.82) is 0 Å². The largest absolute Gasteiger partial charge is 0.359 e. The number of Topliss-reactive ketones (excluding diaryl/α,β-unsaturated/α-hetero) is 2. The van der Waals surface area contributed by atoms with Gasteiger partial charge in [0.2, 0.25) is 0 Å². The Labute approximate surface area is 63.5 Å². The Balaban J connectivity index is 2.37. The fraction of sp³-hybridized carbons (Fsp3) is 0.714. The van der Waals surface area contributed by atoms with Crippen molar-refractivity contribution in [2.75, 3.05) is 13.2 Å². The Morgan fingerprint density at radius 2 is 2.18 bits per heavy atom. The summed E-state index contributed by atoms with van der Waals surface area (Å²) in [7, 11) is 0. The van der Waals surface area contributed by atoms with E-state index >= 15 is 0 Å². The number of ketones is 2. The molecule has 2 rings (SSSR count). The van der Waals surface area contributed by atoms with E-state index in [2.05, 4.69) is 0 Å². The van der Waals surface area contributed by atoms with Crippen molar-refractivity contribution < 1.29 is 19.1 Å². The van der Waals surface area contributed by atoms with Crippen LogP contribution < -0.4 is 0 Å². The van der Waals surface area contributed by atoms with E-state index in [1.165, 1.54) is 0 Å². The third-order valence-corrected chi connectivity index (χ3v) is 2.24. The topological polar surface area (TPSA) is 52.6 Å². The van der Waals surface area contributed by atoms with E-state index < -0.39 is 11.7 Å². The average molecular weight is 156 g/mol. The van der Waals surface area contributed by atoms with Gasteiger partial charge in [-0.2, -0.15) is 0 Å². The predicted molar refractivity (Wildman–Crippen MR) is 34.1 cm³/mol. The van der Waals surface area contributed by atoms with Gasteiger partial charge in [-0.15, -0.1) is 0 Å². The summed E-state index contributed by atoms with van der Waals surface area (Å²) < 4.78 is 10.0. The molecule has 2 fully saturated rings. The van der Waals surface area contributed by atoms with Crippen LogP contribution in [-0.2, 0) is 19.1 Å². The summed E-state index contributed by atoms with van der Waals surface area (Å²) in [5.41, 5.74) is -0.975. The highest BCUT2D eigenvalue weighted by molar-refractivity contribution is 6.02. The monoisotopic (exact) mass is 156 g/mol. The van der Waals surface area contributed by atoms with Crippen molar-refractivity contribution >= 4 is 11.6 Å². The highest BCUT2D eigenvalue weighted by Crippen LogP contribution is 2.32. The smallest absolute Gasteiger partial charge is 0.193 e. The molecule has 2 aliphatic rings. The first-order valence-corrected chi connectivity index (χ1v) is 3.46. The molecule has 0 bridgehead atoms. The summed E-state index contributed by atoms with van der Waals surface area (Å²) >= 11 is 0. The average Bonchev–Trinajstić information content (AvgIpc) is 2.39. The van der Waals surface area contributed by atoms with Gasteiger partial charge in [0.05, 0.1) is 0 Å². The van der Waals surface area contributed by atoms with Crippen LogP contribution >= 0.6 is 0 Å². The number of fused-ring (bicyclic) bond motifs is 1. The van der Waals surface area contributed by atoms with E-state index in [9.17, 15) is 9.59 Å². The van der Waals surface area contributed by atoms with Gasteiger partial charge in [0, 0.05) is 0 Å². The predicted octanol–water partition coefficient (Wildman–Crippen LogP) is -0.688. The molecule has 0 aliphatic carbocycles. The molecular formula is C7H8O4. The van der Waals surface area contributed by atoms with E-state index in [0.29, 0.717) is 0 Å². The van der Waals surface area contributed by atoms with Gasteiger partial charge in [-0.25, -0.2) is 0 Å². The van der Waals surface area contributed by atoms with Crippen LogP contribution in [0, 0.1) is 0 Å². The summed E-state index contributed by atoms with van der Waals surface area (Å²) in [4.78, 5) is 22.1. The molecule has 11 heavy (non-hydrogen) atoms. The molecule has 0 radical (unpaired) electrons. The maximum atomic E-state index is 11.1. The minimum absolute atomic E-state index is 0.00685. The van der Waals surface area contributed by atoms with Crippen LogP contribution in [-0.4, -0.2) is 36.5 Å². The van der Waals surface area contributed by atoms with Gasteiger partial charge in [0.25, 0.3) is 0 Å². The first-order chi connectivity index (χ1) is 5.14. The van der Waals surface area contributed by atoms with Gasteiger partial charge >= 0.3 is 0 Å². The third kappa shape index (κ3) is 0.708. The zero-order valence-corrected chi connectivity index (χ0v) is 6.12. The number of carbonyl (C=O) groups excluding carboxylic acids is 2. The van der Waals surface area contributed by atoms with Crippen molar-refractivity contribution in [3.8, 4) is 0 Å². The second kappa shape index (κ2) is 1.89. The zero-order valence-electron chi connectivity index (χ0n) is 6.12. The van der Waals surface area contributed by atoms with Crippen molar-refractivity contribution in [3.63, 3.8) is 0 Å². The van der Waals surface area contributed by atoms with Gasteiger partial charge in [0.15, 0.2) is 23.3 Å². The molecule has 0 aromatic rings. The Hall–Kier alpha value is -0.740. The van der Waals surface area contributed by atoms with E-state index in [-0.39, 0.29) is 24.8 Å². The lowest BCUT2D eigenvalue weighted by atomic mass is 9.97. The van der Waals surface area contributed by atoms with Gasteiger partial charge in [0.1, 0.15) is 13.2 Å². The third-order valence-electron chi connectivity index (χ3n) is 2.24. The molecule has 0 spiro atoms. The number of ether oxygens (including phenoxy) is 2. The molecule has 2 heterocycles. The minimum Gasteiger partial charge on any atom is -0.359 e. The fourth-order valence-corrected chi connectivity index (χ4v) is 1.46. The fourth-order valence-electron chi connectivity index (χ4n) is 1.46. The van der Waals surface area contributed by atoms with Gasteiger partial charge in [-0.1, -0.05) is 0 Å². The minimum atomic E-state index is -0.975. The first kappa shape index (κ1) is 6.94. The van der Waals surface area contributed by atoms with E-state index in [1.54, 1.807) is 6.92 Å². The molecule has 0 N–H and O–H groups in total. The number of hydrogen-bond acceptors (Lipinski definition) is 4. The normalized spacial score (nSPS) is 43.2. The molecule has 0 amide bonds. The van der Waals surface area contributed by atoms with Crippen LogP contribution in [0.3, 0.4) is 0 Å². The van der Waals surface area contributed by atoms with Gasteiger partial charge in [-0.3, -0.25) is 9.59 Å². The Morgan fingerprint density at radius 1 is 1.45 bits per heavy atom. The molecule has 2 unspecified atom stereocenters. The lowest BCUT2D eigenvalue weighted by Crippen LogP contribution is -2.40. The molecule has 4 nitrogen and oxygen atoms in total. The molecule has 4 heteroatoms. The number of hydrogen-bond donors (Lipinski definition) is 0. The summed E-state index contributed by atoms with van der Waals surface area (Å²) in [6.07, 6.45) is -0.644. The summed E-state index contributed by atoms with van der Waals surface area (Å²) in [6, 6.07) is 0. The summed E-state index contributed by atoms with van der Waals surface area (Å²) in [6.45, 7) is 1.62. The second-order valence-corrected chi connectivity index (χ2v) is 2.98. The quantitative estimate of drug-likeness (QED) is 0.466. The van der Waals surface area contributed by atoms with E-state index in [0.717, 1.165) is 0 Å².